The highest BCUT2D eigenvalue weighted by Gasteiger charge is 2.13. The first-order chi connectivity index (χ1) is 7.45. The summed E-state index contributed by atoms with van der Waals surface area (Å²) in [6.07, 6.45) is 1.22. The summed E-state index contributed by atoms with van der Waals surface area (Å²) in [7, 11) is 0. The van der Waals surface area contributed by atoms with Gasteiger partial charge in [0, 0.05) is 0 Å². The highest BCUT2D eigenvalue weighted by Crippen LogP contribution is 2.25. The second-order valence-corrected chi connectivity index (χ2v) is 5.18. The first-order valence-electron chi connectivity index (χ1n) is 6.55. The summed E-state index contributed by atoms with van der Waals surface area (Å²) in [5.41, 5.74) is 3.15. The Morgan fingerprint density at radius 3 is 1.75 bits per heavy atom. The van der Waals surface area contributed by atoms with Crippen LogP contribution in [0.25, 0.3) is 0 Å². The van der Waals surface area contributed by atoms with Crippen LogP contribution in [0, 0.1) is 0 Å². The summed E-state index contributed by atoms with van der Waals surface area (Å²) >= 11 is 0. The molecular formula is C16H28. The third-order valence-electron chi connectivity index (χ3n) is 2.96. The van der Waals surface area contributed by atoms with Crippen molar-refractivity contribution in [2.45, 2.75) is 66.2 Å². The van der Waals surface area contributed by atoms with Gasteiger partial charge < -0.3 is 0 Å². The normalized spacial score (nSPS) is 12.7. The lowest BCUT2D eigenvalue weighted by atomic mass is 9.85. The van der Waals surface area contributed by atoms with E-state index < -0.39 is 0 Å². The van der Waals surface area contributed by atoms with Gasteiger partial charge in [0.25, 0.3) is 0 Å². The number of benzene rings is 1. The predicted octanol–water partition coefficient (Wildman–Crippen LogP) is 5.52. The molecule has 1 rings (SSSR count). The van der Waals surface area contributed by atoms with Crippen molar-refractivity contribution in [3.63, 3.8) is 0 Å². The van der Waals surface area contributed by atoms with Crippen LogP contribution in [-0.2, 0) is 5.41 Å². The number of rotatable bonds is 2. The number of hydrogen-bond donors (Lipinski definition) is 0. The molecule has 92 valence electrons. The van der Waals surface area contributed by atoms with Crippen molar-refractivity contribution < 1.29 is 0 Å². The Kier molecular flexibility index (Phi) is 6.40. The molecule has 0 aliphatic carbocycles. The SMILES string of the molecule is CC.CCC(C)c1ccc(C(C)(C)C)cc1. The molecule has 1 aromatic rings. The van der Waals surface area contributed by atoms with Crippen molar-refractivity contribution in [2.24, 2.45) is 0 Å². The van der Waals surface area contributed by atoms with E-state index in [2.05, 4.69) is 58.9 Å². The summed E-state index contributed by atoms with van der Waals surface area (Å²) in [6.45, 7) is 15.3. The van der Waals surface area contributed by atoms with Gasteiger partial charge in [0.2, 0.25) is 0 Å². The van der Waals surface area contributed by atoms with E-state index >= 15 is 0 Å². The van der Waals surface area contributed by atoms with E-state index in [1.807, 2.05) is 13.8 Å². The molecule has 0 saturated heterocycles. The minimum absolute atomic E-state index is 0.272. The minimum atomic E-state index is 0.272. The molecule has 0 fully saturated rings. The predicted molar refractivity (Wildman–Crippen MR) is 75.2 cm³/mol. The van der Waals surface area contributed by atoms with Crippen molar-refractivity contribution in [2.75, 3.05) is 0 Å². The van der Waals surface area contributed by atoms with Gasteiger partial charge in [-0.25, -0.2) is 0 Å². The summed E-state index contributed by atoms with van der Waals surface area (Å²) in [5.74, 6) is 0.684. The lowest BCUT2D eigenvalue weighted by molar-refractivity contribution is 0.589. The van der Waals surface area contributed by atoms with Crippen LogP contribution in [0.5, 0.6) is 0 Å². The Bertz CT molecular complexity index is 274. The zero-order valence-electron chi connectivity index (χ0n) is 12.1. The van der Waals surface area contributed by atoms with Crippen molar-refractivity contribution in [3.8, 4) is 0 Å². The summed E-state index contributed by atoms with van der Waals surface area (Å²) in [5, 5.41) is 0. The van der Waals surface area contributed by atoms with Crippen LogP contribution in [0.2, 0.25) is 0 Å². The molecule has 0 aromatic heterocycles. The largest absolute Gasteiger partial charge is 0.0683 e. The van der Waals surface area contributed by atoms with Crippen LogP contribution >= 0.6 is 0 Å². The molecule has 0 saturated carbocycles. The summed E-state index contributed by atoms with van der Waals surface area (Å²) < 4.78 is 0. The molecule has 0 nitrogen and oxygen atoms in total. The topological polar surface area (TPSA) is 0 Å². The summed E-state index contributed by atoms with van der Waals surface area (Å²) in [6, 6.07) is 9.08. The van der Waals surface area contributed by atoms with Gasteiger partial charge in [0.05, 0.1) is 0 Å². The molecule has 1 unspecified atom stereocenters. The molecule has 0 bridgehead atoms. The van der Waals surface area contributed by atoms with Crippen molar-refractivity contribution in [3.05, 3.63) is 35.4 Å². The van der Waals surface area contributed by atoms with E-state index in [4.69, 9.17) is 0 Å². The zero-order valence-corrected chi connectivity index (χ0v) is 12.1. The second-order valence-electron chi connectivity index (χ2n) is 5.18. The number of hydrogen-bond acceptors (Lipinski definition) is 0. The Morgan fingerprint density at radius 1 is 1.00 bits per heavy atom. The van der Waals surface area contributed by atoms with Crippen molar-refractivity contribution in [1.29, 1.82) is 0 Å². The molecule has 0 aliphatic heterocycles. The van der Waals surface area contributed by atoms with Crippen LogP contribution < -0.4 is 0 Å². The maximum atomic E-state index is 2.28. The quantitative estimate of drug-likeness (QED) is 0.615. The highest BCUT2D eigenvalue weighted by molar-refractivity contribution is 5.29. The highest BCUT2D eigenvalue weighted by atomic mass is 14.2. The van der Waals surface area contributed by atoms with Crippen LogP contribution in [0.15, 0.2) is 24.3 Å². The zero-order chi connectivity index (χ0) is 12.8. The Balaban J connectivity index is 0.00000106. The molecular weight excluding hydrogens is 192 g/mol. The first-order valence-corrected chi connectivity index (χ1v) is 6.55. The first kappa shape index (κ1) is 15.2. The van der Waals surface area contributed by atoms with E-state index in [1.54, 1.807) is 0 Å². The Hall–Kier alpha value is -0.780. The van der Waals surface area contributed by atoms with Gasteiger partial charge in [-0.15, -0.1) is 0 Å². The van der Waals surface area contributed by atoms with Gasteiger partial charge in [0.15, 0.2) is 0 Å². The third kappa shape index (κ3) is 4.38. The Morgan fingerprint density at radius 2 is 1.44 bits per heavy atom. The molecule has 1 atom stereocenters. The molecule has 0 aliphatic rings. The fourth-order valence-electron chi connectivity index (χ4n) is 1.55. The van der Waals surface area contributed by atoms with Gasteiger partial charge in [-0.2, -0.15) is 0 Å². The smallest absolute Gasteiger partial charge is 0.0132 e. The minimum Gasteiger partial charge on any atom is -0.0683 e. The maximum Gasteiger partial charge on any atom is -0.0132 e. The van der Waals surface area contributed by atoms with E-state index in [1.165, 1.54) is 17.5 Å². The average molecular weight is 220 g/mol. The molecule has 1 aromatic carbocycles. The molecule has 0 N–H and O–H groups in total. The van der Waals surface area contributed by atoms with Gasteiger partial charge in [0.1, 0.15) is 0 Å². The van der Waals surface area contributed by atoms with E-state index in [0.717, 1.165) is 0 Å². The van der Waals surface area contributed by atoms with Crippen LogP contribution in [0.1, 0.15) is 71.9 Å². The maximum absolute atomic E-state index is 2.28. The molecule has 16 heavy (non-hydrogen) atoms. The van der Waals surface area contributed by atoms with Gasteiger partial charge in [-0.3, -0.25) is 0 Å². The van der Waals surface area contributed by atoms with Gasteiger partial charge >= 0.3 is 0 Å². The second kappa shape index (κ2) is 6.73. The third-order valence-corrected chi connectivity index (χ3v) is 2.96. The molecule has 0 heteroatoms. The van der Waals surface area contributed by atoms with Gasteiger partial charge in [-0.05, 0) is 28.9 Å². The monoisotopic (exact) mass is 220 g/mol. The fourth-order valence-corrected chi connectivity index (χ4v) is 1.55. The van der Waals surface area contributed by atoms with Gasteiger partial charge in [-0.1, -0.05) is 72.7 Å². The molecule has 0 heterocycles. The van der Waals surface area contributed by atoms with Crippen molar-refractivity contribution >= 4 is 0 Å². The molecule has 0 spiro atoms. The molecule has 0 amide bonds. The van der Waals surface area contributed by atoms with E-state index in [-0.39, 0.29) is 5.41 Å². The average Bonchev–Trinajstić information content (AvgIpc) is 2.30. The van der Waals surface area contributed by atoms with E-state index in [9.17, 15) is 0 Å². The fraction of sp³-hybridized carbons (Fsp3) is 0.625. The lowest BCUT2D eigenvalue weighted by Gasteiger charge is -2.20. The van der Waals surface area contributed by atoms with Crippen LogP contribution in [-0.4, -0.2) is 0 Å². The summed E-state index contributed by atoms with van der Waals surface area (Å²) in [4.78, 5) is 0. The molecule has 0 radical (unpaired) electrons. The van der Waals surface area contributed by atoms with Crippen LogP contribution in [0.4, 0.5) is 0 Å². The Labute approximate surface area is 102 Å². The van der Waals surface area contributed by atoms with Crippen molar-refractivity contribution in [1.82, 2.24) is 0 Å². The van der Waals surface area contributed by atoms with Crippen LogP contribution in [0.3, 0.4) is 0 Å². The standard InChI is InChI=1S/C14H22.C2H6/c1-6-11(2)12-7-9-13(10-8-12)14(3,4)5;1-2/h7-11H,6H2,1-5H3;1-2H3. The lowest BCUT2D eigenvalue weighted by Crippen LogP contribution is -2.10. The van der Waals surface area contributed by atoms with E-state index in [0.29, 0.717) is 5.92 Å².